The Labute approximate surface area is 138 Å². The molecule has 2 N–H and O–H groups in total. The van der Waals surface area contributed by atoms with Gasteiger partial charge in [0.1, 0.15) is 0 Å². The van der Waals surface area contributed by atoms with Gasteiger partial charge in [0.15, 0.2) is 0 Å². The van der Waals surface area contributed by atoms with Crippen LogP contribution in [0, 0.1) is 11.3 Å². The van der Waals surface area contributed by atoms with Crippen molar-refractivity contribution in [2.45, 2.75) is 6.42 Å². The summed E-state index contributed by atoms with van der Waals surface area (Å²) < 4.78 is 0. The maximum atomic E-state index is 11.8. The van der Waals surface area contributed by atoms with Gasteiger partial charge < -0.3 is 10.6 Å². The molecule has 0 unspecified atom stereocenters. The Morgan fingerprint density at radius 2 is 1.86 bits per heavy atom. The monoisotopic (exact) mass is 333 g/mol. The van der Waals surface area contributed by atoms with E-state index in [4.69, 9.17) is 28.5 Å². The molecule has 6 heteroatoms. The summed E-state index contributed by atoms with van der Waals surface area (Å²) in [5.74, 6) is -0.129. The first kappa shape index (κ1) is 16.2. The van der Waals surface area contributed by atoms with Crippen molar-refractivity contribution in [1.82, 2.24) is 0 Å². The number of benzene rings is 2. The van der Waals surface area contributed by atoms with Gasteiger partial charge in [0.2, 0.25) is 5.91 Å². The summed E-state index contributed by atoms with van der Waals surface area (Å²) in [6.45, 7) is 0.433. The molecule has 0 radical (unpaired) electrons. The molecule has 0 atom stereocenters. The molecule has 0 aliphatic carbocycles. The molecule has 0 aliphatic heterocycles. The minimum Gasteiger partial charge on any atom is -0.383 e. The molecule has 0 aromatic heterocycles. The van der Waals surface area contributed by atoms with E-state index in [1.54, 1.807) is 42.5 Å². The zero-order valence-electron chi connectivity index (χ0n) is 11.6. The number of hydrogen-bond donors (Lipinski definition) is 2. The molecule has 0 saturated carbocycles. The van der Waals surface area contributed by atoms with Gasteiger partial charge in [0.05, 0.1) is 27.4 Å². The highest BCUT2D eigenvalue weighted by molar-refractivity contribution is 6.43. The lowest BCUT2D eigenvalue weighted by Crippen LogP contribution is -2.16. The van der Waals surface area contributed by atoms with Crippen LogP contribution in [0.25, 0.3) is 0 Å². The van der Waals surface area contributed by atoms with Crippen molar-refractivity contribution in [1.29, 1.82) is 5.26 Å². The van der Waals surface area contributed by atoms with Crippen molar-refractivity contribution in [3.63, 3.8) is 0 Å². The zero-order chi connectivity index (χ0) is 15.9. The molecule has 2 aromatic carbocycles. The van der Waals surface area contributed by atoms with Crippen molar-refractivity contribution < 1.29 is 4.79 Å². The van der Waals surface area contributed by atoms with Gasteiger partial charge in [-0.2, -0.15) is 5.26 Å². The first-order valence-corrected chi connectivity index (χ1v) is 7.33. The van der Waals surface area contributed by atoms with Crippen LogP contribution in [-0.2, 0) is 4.79 Å². The lowest BCUT2D eigenvalue weighted by atomic mass is 10.2. The number of anilines is 2. The second kappa shape index (κ2) is 7.69. The molecular weight excluding hydrogens is 321 g/mol. The number of nitrogens with one attached hydrogen (secondary N) is 2. The Balaban J connectivity index is 1.82. The third-order valence-electron chi connectivity index (χ3n) is 2.92. The number of hydrogen-bond acceptors (Lipinski definition) is 3. The Hall–Kier alpha value is -2.22. The van der Waals surface area contributed by atoms with Crippen LogP contribution in [-0.4, -0.2) is 12.5 Å². The molecule has 112 valence electrons. The van der Waals surface area contributed by atoms with Gasteiger partial charge in [-0.25, -0.2) is 0 Å². The minimum absolute atomic E-state index is 0.129. The molecule has 0 saturated heterocycles. The highest BCUT2D eigenvalue weighted by Crippen LogP contribution is 2.29. The highest BCUT2D eigenvalue weighted by atomic mass is 35.5. The topological polar surface area (TPSA) is 64.9 Å². The summed E-state index contributed by atoms with van der Waals surface area (Å²) in [6, 6.07) is 14.0. The predicted molar refractivity (Wildman–Crippen MR) is 89.4 cm³/mol. The normalized spacial score (nSPS) is 9.86. The van der Waals surface area contributed by atoms with Gasteiger partial charge in [0.25, 0.3) is 0 Å². The fourth-order valence-electron chi connectivity index (χ4n) is 1.80. The number of rotatable bonds is 5. The molecule has 0 spiro atoms. The number of halogens is 2. The third kappa shape index (κ3) is 4.39. The molecule has 0 heterocycles. The van der Waals surface area contributed by atoms with Gasteiger partial charge in [-0.3, -0.25) is 4.79 Å². The Kier molecular flexibility index (Phi) is 5.65. The van der Waals surface area contributed by atoms with E-state index in [-0.39, 0.29) is 12.3 Å². The van der Waals surface area contributed by atoms with Crippen LogP contribution in [0.4, 0.5) is 11.4 Å². The fraction of sp³-hybridized carbons (Fsp3) is 0.125. The first-order chi connectivity index (χ1) is 10.6. The number of amides is 1. The largest absolute Gasteiger partial charge is 0.383 e. The summed E-state index contributed by atoms with van der Waals surface area (Å²) in [6.07, 6.45) is 0.281. The fourth-order valence-corrected chi connectivity index (χ4v) is 2.17. The predicted octanol–water partition coefficient (Wildman–Crippen LogP) is 4.31. The summed E-state index contributed by atoms with van der Waals surface area (Å²) >= 11 is 12.0. The number of carbonyl (C=O) groups excluding carboxylic acids is 1. The molecule has 0 bridgehead atoms. The van der Waals surface area contributed by atoms with Crippen LogP contribution < -0.4 is 10.6 Å². The van der Waals surface area contributed by atoms with E-state index in [2.05, 4.69) is 10.6 Å². The van der Waals surface area contributed by atoms with Crippen molar-refractivity contribution in [3.8, 4) is 6.07 Å². The Morgan fingerprint density at radius 3 is 2.55 bits per heavy atom. The van der Waals surface area contributed by atoms with E-state index in [9.17, 15) is 4.79 Å². The van der Waals surface area contributed by atoms with E-state index in [0.717, 1.165) is 0 Å². The molecule has 2 rings (SSSR count). The maximum absolute atomic E-state index is 11.8. The van der Waals surface area contributed by atoms with Gasteiger partial charge in [-0.05, 0) is 36.4 Å². The standard InChI is InChI=1S/C16H13Cl2N3O/c17-13-2-1-3-14(16(13)18)20-9-8-15(22)21-12-6-4-11(10-19)5-7-12/h1-7,20H,8-9H2,(H,21,22). The van der Waals surface area contributed by atoms with Crippen molar-refractivity contribution >= 4 is 40.5 Å². The van der Waals surface area contributed by atoms with E-state index in [0.29, 0.717) is 33.5 Å². The second-order valence-electron chi connectivity index (χ2n) is 4.52. The van der Waals surface area contributed by atoms with Gasteiger partial charge >= 0.3 is 0 Å². The summed E-state index contributed by atoms with van der Waals surface area (Å²) in [5.41, 5.74) is 1.90. The maximum Gasteiger partial charge on any atom is 0.226 e. The van der Waals surface area contributed by atoms with Crippen molar-refractivity contribution in [3.05, 3.63) is 58.1 Å². The molecule has 1 amide bonds. The summed E-state index contributed by atoms with van der Waals surface area (Å²) in [7, 11) is 0. The molecular formula is C16H13Cl2N3O. The van der Waals surface area contributed by atoms with E-state index >= 15 is 0 Å². The second-order valence-corrected chi connectivity index (χ2v) is 5.30. The quantitative estimate of drug-likeness (QED) is 0.856. The number of nitriles is 1. The van der Waals surface area contributed by atoms with E-state index in [1.807, 2.05) is 6.07 Å². The van der Waals surface area contributed by atoms with Crippen LogP contribution >= 0.6 is 23.2 Å². The van der Waals surface area contributed by atoms with E-state index < -0.39 is 0 Å². The summed E-state index contributed by atoms with van der Waals surface area (Å²) in [4.78, 5) is 11.8. The van der Waals surface area contributed by atoms with Crippen LogP contribution in [0.3, 0.4) is 0 Å². The van der Waals surface area contributed by atoms with E-state index in [1.165, 1.54) is 0 Å². The third-order valence-corrected chi connectivity index (χ3v) is 3.74. The van der Waals surface area contributed by atoms with Crippen molar-refractivity contribution in [2.24, 2.45) is 0 Å². The molecule has 22 heavy (non-hydrogen) atoms. The average molecular weight is 334 g/mol. The highest BCUT2D eigenvalue weighted by Gasteiger charge is 2.06. The van der Waals surface area contributed by atoms with Gasteiger partial charge in [0, 0.05) is 18.7 Å². The molecule has 0 aliphatic rings. The van der Waals surface area contributed by atoms with Crippen LogP contribution in [0.5, 0.6) is 0 Å². The smallest absolute Gasteiger partial charge is 0.226 e. The SMILES string of the molecule is N#Cc1ccc(NC(=O)CCNc2cccc(Cl)c2Cl)cc1. The number of carbonyl (C=O) groups is 1. The summed E-state index contributed by atoms with van der Waals surface area (Å²) in [5, 5.41) is 15.4. The minimum atomic E-state index is -0.129. The zero-order valence-corrected chi connectivity index (χ0v) is 13.1. The Bertz CT molecular complexity index is 708. The molecule has 4 nitrogen and oxygen atoms in total. The van der Waals surface area contributed by atoms with Crippen molar-refractivity contribution in [2.75, 3.05) is 17.2 Å². The lowest BCUT2D eigenvalue weighted by molar-refractivity contribution is -0.115. The van der Waals surface area contributed by atoms with Gasteiger partial charge in [-0.15, -0.1) is 0 Å². The van der Waals surface area contributed by atoms with Gasteiger partial charge in [-0.1, -0.05) is 29.3 Å². The molecule has 0 fully saturated rings. The van der Waals surface area contributed by atoms with Crippen LogP contribution in [0.15, 0.2) is 42.5 Å². The van der Waals surface area contributed by atoms with Crippen LogP contribution in [0.2, 0.25) is 10.0 Å². The lowest BCUT2D eigenvalue weighted by Gasteiger charge is -2.09. The average Bonchev–Trinajstić information content (AvgIpc) is 2.52. The first-order valence-electron chi connectivity index (χ1n) is 6.58. The molecule has 2 aromatic rings. The Morgan fingerprint density at radius 1 is 1.14 bits per heavy atom. The van der Waals surface area contributed by atoms with Crippen LogP contribution in [0.1, 0.15) is 12.0 Å². The number of nitrogens with zero attached hydrogens (tertiary/aromatic N) is 1.